The summed E-state index contributed by atoms with van der Waals surface area (Å²) in [4.78, 5) is 10.0. The summed E-state index contributed by atoms with van der Waals surface area (Å²) in [6, 6.07) is 0. The molecule has 0 aromatic heterocycles. The number of ether oxygens (including phenoxy) is 1. The van der Waals surface area contributed by atoms with E-state index in [-0.39, 0.29) is 0 Å². The molecule has 0 aromatic rings. The van der Waals surface area contributed by atoms with E-state index in [1.807, 2.05) is 0 Å². The standard InChI is InChI=1S/C6H7F5O3/c1-3(4(12)13)14-6(10,11)2-5(7,8)9/h3H,2H2,1H3,(H,12,13). The van der Waals surface area contributed by atoms with E-state index >= 15 is 0 Å². The van der Waals surface area contributed by atoms with Crippen molar-refractivity contribution in [1.29, 1.82) is 0 Å². The van der Waals surface area contributed by atoms with Crippen molar-refractivity contribution < 1.29 is 36.6 Å². The quantitative estimate of drug-likeness (QED) is 0.740. The summed E-state index contributed by atoms with van der Waals surface area (Å²) in [5.74, 6) is -1.76. The number of hydrogen-bond acceptors (Lipinski definition) is 2. The summed E-state index contributed by atoms with van der Waals surface area (Å²) in [5.41, 5.74) is 0. The normalized spacial score (nSPS) is 15.3. The lowest BCUT2D eigenvalue weighted by Gasteiger charge is -2.20. The van der Waals surface area contributed by atoms with Gasteiger partial charge in [0.2, 0.25) is 0 Å². The third-order valence-corrected chi connectivity index (χ3v) is 1.10. The molecule has 0 fully saturated rings. The molecular weight excluding hydrogens is 215 g/mol. The molecule has 0 radical (unpaired) electrons. The first-order valence-electron chi connectivity index (χ1n) is 3.39. The predicted molar refractivity (Wildman–Crippen MR) is 33.8 cm³/mol. The molecule has 0 spiro atoms. The Hall–Kier alpha value is -0.920. The molecule has 0 heterocycles. The first-order chi connectivity index (χ1) is 6.03. The van der Waals surface area contributed by atoms with E-state index in [2.05, 4.69) is 4.74 Å². The number of halogens is 5. The van der Waals surface area contributed by atoms with Crippen molar-refractivity contribution in [3.05, 3.63) is 0 Å². The SMILES string of the molecule is CC(OC(F)(F)CC(F)(F)F)C(=O)O. The van der Waals surface area contributed by atoms with Crippen LogP contribution in [0.4, 0.5) is 22.0 Å². The van der Waals surface area contributed by atoms with E-state index in [9.17, 15) is 26.7 Å². The van der Waals surface area contributed by atoms with Crippen LogP contribution in [-0.4, -0.2) is 29.5 Å². The average molecular weight is 222 g/mol. The van der Waals surface area contributed by atoms with Crippen LogP contribution in [0.2, 0.25) is 0 Å². The lowest BCUT2D eigenvalue weighted by atomic mass is 10.3. The fraction of sp³-hybridized carbons (Fsp3) is 0.833. The van der Waals surface area contributed by atoms with Crippen LogP contribution in [0.25, 0.3) is 0 Å². The number of alkyl halides is 5. The Morgan fingerprint density at radius 3 is 2.07 bits per heavy atom. The second-order valence-electron chi connectivity index (χ2n) is 2.53. The van der Waals surface area contributed by atoms with Gasteiger partial charge in [-0.15, -0.1) is 0 Å². The molecule has 0 amide bonds. The van der Waals surface area contributed by atoms with Gasteiger partial charge in [-0.3, -0.25) is 0 Å². The Morgan fingerprint density at radius 2 is 1.79 bits per heavy atom. The molecule has 1 N–H and O–H groups in total. The summed E-state index contributed by atoms with van der Waals surface area (Å²) in [6.45, 7) is 0.715. The number of rotatable bonds is 4. The highest BCUT2D eigenvalue weighted by molar-refractivity contribution is 5.71. The lowest BCUT2D eigenvalue weighted by Crippen LogP contribution is -2.35. The zero-order valence-corrected chi connectivity index (χ0v) is 6.94. The van der Waals surface area contributed by atoms with Crippen LogP contribution in [0.15, 0.2) is 0 Å². The molecule has 0 aromatic carbocycles. The zero-order chi connectivity index (χ0) is 11.6. The second kappa shape index (κ2) is 4.07. The lowest BCUT2D eigenvalue weighted by molar-refractivity contribution is -0.304. The second-order valence-corrected chi connectivity index (χ2v) is 2.53. The molecule has 0 aliphatic carbocycles. The summed E-state index contributed by atoms with van der Waals surface area (Å²) < 4.78 is 62.6. The monoisotopic (exact) mass is 222 g/mol. The van der Waals surface area contributed by atoms with Crippen LogP contribution < -0.4 is 0 Å². The molecule has 0 saturated heterocycles. The largest absolute Gasteiger partial charge is 0.479 e. The van der Waals surface area contributed by atoms with Crippen LogP contribution in [0.3, 0.4) is 0 Å². The molecule has 1 atom stereocenters. The molecule has 0 aliphatic rings. The van der Waals surface area contributed by atoms with E-state index in [0.717, 1.165) is 0 Å². The van der Waals surface area contributed by atoms with E-state index in [1.54, 1.807) is 0 Å². The average Bonchev–Trinajstić information content (AvgIpc) is 1.78. The minimum Gasteiger partial charge on any atom is -0.479 e. The molecule has 0 bridgehead atoms. The molecule has 1 unspecified atom stereocenters. The Labute approximate surface area is 75.5 Å². The Bertz CT molecular complexity index is 212. The van der Waals surface area contributed by atoms with Crippen molar-refractivity contribution in [2.24, 2.45) is 0 Å². The van der Waals surface area contributed by atoms with Crippen molar-refractivity contribution in [3.8, 4) is 0 Å². The number of carboxylic acid groups (broad SMARTS) is 1. The minimum absolute atomic E-state index is 0.715. The third-order valence-electron chi connectivity index (χ3n) is 1.10. The van der Waals surface area contributed by atoms with Gasteiger partial charge in [-0.25, -0.2) is 4.79 Å². The number of carboxylic acids is 1. The Kier molecular flexibility index (Phi) is 3.81. The summed E-state index contributed by atoms with van der Waals surface area (Å²) in [6.07, 6.45) is -14.1. The molecule has 0 saturated carbocycles. The van der Waals surface area contributed by atoms with Gasteiger partial charge in [0, 0.05) is 0 Å². The fourth-order valence-corrected chi connectivity index (χ4v) is 0.584. The van der Waals surface area contributed by atoms with E-state index < -0.39 is 30.8 Å². The van der Waals surface area contributed by atoms with Gasteiger partial charge in [0.1, 0.15) is 6.42 Å². The van der Waals surface area contributed by atoms with Crippen molar-refractivity contribution in [2.45, 2.75) is 31.7 Å². The fourth-order valence-electron chi connectivity index (χ4n) is 0.584. The van der Waals surface area contributed by atoms with Crippen molar-refractivity contribution >= 4 is 5.97 Å². The first-order valence-corrected chi connectivity index (χ1v) is 3.39. The highest BCUT2D eigenvalue weighted by atomic mass is 19.4. The van der Waals surface area contributed by atoms with Crippen LogP contribution in [0.1, 0.15) is 13.3 Å². The maximum atomic E-state index is 12.3. The highest BCUT2D eigenvalue weighted by Crippen LogP contribution is 2.33. The molecule has 8 heteroatoms. The summed E-state index contributed by atoms with van der Waals surface area (Å²) in [7, 11) is 0. The zero-order valence-electron chi connectivity index (χ0n) is 6.94. The van der Waals surface area contributed by atoms with Gasteiger partial charge in [0.05, 0.1) is 0 Å². The first kappa shape index (κ1) is 13.1. The molecular formula is C6H7F5O3. The Morgan fingerprint density at radius 1 is 1.36 bits per heavy atom. The van der Waals surface area contributed by atoms with Crippen LogP contribution >= 0.6 is 0 Å². The van der Waals surface area contributed by atoms with E-state index in [4.69, 9.17) is 5.11 Å². The van der Waals surface area contributed by atoms with Gasteiger partial charge in [-0.05, 0) is 6.92 Å². The van der Waals surface area contributed by atoms with Gasteiger partial charge in [0.15, 0.2) is 6.10 Å². The molecule has 0 rings (SSSR count). The van der Waals surface area contributed by atoms with Gasteiger partial charge in [0.25, 0.3) is 0 Å². The molecule has 84 valence electrons. The minimum atomic E-state index is -5.11. The Balaban J connectivity index is 4.27. The molecule has 0 aliphatic heterocycles. The number of carbonyl (C=O) groups is 1. The molecule has 3 nitrogen and oxygen atoms in total. The summed E-state index contributed by atoms with van der Waals surface area (Å²) in [5, 5.41) is 8.10. The third kappa shape index (κ3) is 5.68. The smallest absolute Gasteiger partial charge is 0.397 e. The van der Waals surface area contributed by atoms with Crippen LogP contribution in [0.5, 0.6) is 0 Å². The number of aliphatic carboxylic acids is 1. The van der Waals surface area contributed by atoms with Gasteiger partial charge in [-0.2, -0.15) is 22.0 Å². The summed E-state index contributed by atoms with van der Waals surface area (Å²) >= 11 is 0. The predicted octanol–water partition coefficient (Wildman–Crippen LogP) is 2.02. The van der Waals surface area contributed by atoms with Crippen LogP contribution in [0, 0.1) is 0 Å². The maximum Gasteiger partial charge on any atom is 0.397 e. The van der Waals surface area contributed by atoms with Gasteiger partial charge >= 0.3 is 18.3 Å². The van der Waals surface area contributed by atoms with Crippen molar-refractivity contribution in [2.75, 3.05) is 0 Å². The number of hydrogen-bond donors (Lipinski definition) is 1. The maximum absolute atomic E-state index is 12.3. The van der Waals surface area contributed by atoms with Crippen molar-refractivity contribution in [1.82, 2.24) is 0 Å². The van der Waals surface area contributed by atoms with Crippen molar-refractivity contribution in [3.63, 3.8) is 0 Å². The highest BCUT2D eigenvalue weighted by Gasteiger charge is 2.46. The van der Waals surface area contributed by atoms with Crippen LogP contribution in [-0.2, 0) is 9.53 Å². The van der Waals surface area contributed by atoms with E-state index in [1.165, 1.54) is 0 Å². The molecule has 14 heavy (non-hydrogen) atoms. The van der Waals surface area contributed by atoms with Gasteiger partial charge in [-0.1, -0.05) is 0 Å². The topological polar surface area (TPSA) is 46.5 Å². The van der Waals surface area contributed by atoms with E-state index in [0.29, 0.717) is 6.92 Å². The van der Waals surface area contributed by atoms with Gasteiger partial charge < -0.3 is 9.84 Å².